The SMILES string of the molecule is C[C@H]1C[C@@H](C(=O)N2CCN(C(=O)c3ccc([N+](=O)[O-])cc3)CC2)CCN1. The lowest BCUT2D eigenvalue weighted by molar-refractivity contribution is -0.384. The van der Waals surface area contributed by atoms with E-state index in [9.17, 15) is 19.7 Å². The summed E-state index contributed by atoms with van der Waals surface area (Å²) in [4.78, 5) is 39.0. The fraction of sp³-hybridized carbons (Fsp3) is 0.556. The predicted molar refractivity (Wildman–Crippen MR) is 95.8 cm³/mol. The fourth-order valence-corrected chi connectivity index (χ4v) is 3.65. The maximum Gasteiger partial charge on any atom is 0.269 e. The van der Waals surface area contributed by atoms with E-state index in [0.717, 1.165) is 19.4 Å². The number of rotatable bonds is 3. The number of carbonyl (C=O) groups excluding carboxylic acids is 2. The molecule has 0 unspecified atom stereocenters. The lowest BCUT2D eigenvalue weighted by atomic mass is 9.92. The van der Waals surface area contributed by atoms with Crippen molar-refractivity contribution < 1.29 is 14.5 Å². The van der Waals surface area contributed by atoms with Crippen molar-refractivity contribution in [1.82, 2.24) is 15.1 Å². The third-order valence-corrected chi connectivity index (χ3v) is 5.18. The van der Waals surface area contributed by atoms with Gasteiger partial charge in [0.25, 0.3) is 11.6 Å². The van der Waals surface area contributed by atoms with E-state index in [1.807, 2.05) is 4.90 Å². The van der Waals surface area contributed by atoms with Gasteiger partial charge in [0.2, 0.25) is 5.91 Å². The number of hydrogen-bond donors (Lipinski definition) is 1. The van der Waals surface area contributed by atoms with Gasteiger partial charge in [-0.3, -0.25) is 19.7 Å². The van der Waals surface area contributed by atoms with Crippen molar-refractivity contribution in [2.45, 2.75) is 25.8 Å². The van der Waals surface area contributed by atoms with Gasteiger partial charge in [-0.05, 0) is 38.4 Å². The van der Waals surface area contributed by atoms with Crippen LogP contribution in [0.25, 0.3) is 0 Å². The second kappa shape index (κ2) is 7.82. The first-order valence-electron chi connectivity index (χ1n) is 9.01. The number of nitrogens with one attached hydrogen (secondary N) is 1. The van der Waals surface area contributed by atoms with Crippen LogP contribution >= 0.6 is 0 Å². The average molecular weight is 360 g/mol. The van der Waals surface area contributed by atoms with Gasteiger partial charge in [0.15, 0.2) is 0 Å². The van der Waals surface area contributed by atoms with E-state index in [1.165, 1.54) is 24.3 Å². The molecule has 8 heteroatoms. The van der Waals surface area contributed by atoms with Crippen molar-refractivity contribution in [2.75, 3.05) is 32.7 Å². The molecule has 26 heavy (non-hydrogen) atoms. The number of nitro benzene ring substituents is 1. The molecule has 2 atom stereocenters. The number of nitrogens with zero attached hydrogens (tertiary/aromatic N) is 3. The normalized spacial score (nSPS) is 23.6. The van der Waals surface area contributed by atoms with Crippen LogP contribution < -0.4 is 5.32 Å². The molecule has 8 nitrogen and oxygen atoms in total. The number of amides is 2. The molecule has 1 aromatic rings. The summed E-state index contributed by atoms with van der Waals surface area (Å²) in [5.41, 5.74) is 0.399. The molecule has 0 spiro atoms. The molecule has 2 saturated heterocycles. The van der Waals surface area contributed by atoms with E-state index in [1.54, 1.807) is 4.90 Å². The molecule has 0 radical (unpaired) electrons. The first-order chi connectivity index (χ1) is 12.5. The van der Waals surface area contributed by atoms with E-state index in [0.29, 0.717) is 37.8 Å². The lowest BCUT2D eigenvalue weighted by Gasteiger charge is -2.38. The van der Waals surface area contributed by atoms with Crippen molar-refractivity contribution in [3.8, 4) is 0 Å². The minimum Gasteiger partial charge on any atom is -0.339 e. The van der Waals surface area contributed by atoms with Crippen LogP contribution in [-0.4, -0.2) is 65.3 Å². The topological polar surface area (TPSA) is 95.8 Å². The summed E-state index contributed by atoms with van der Waals surface area (Å²) < 4.78 is 0. The summed E-state index contributed by atoms with van der Waals surface area (Å²) in [6, 6.07) is 6.00. The van der Waals surface area contributed by atoms with Gasteiger partial charge in [-0.15, -0.1) is 0 Å². The Bertz CT molecular complexity index is 683. The Morgan fingerprint density at radius 2 is 1.73 bits per heavy atom. The van der Waals surface area contributed by atoms with Crippen LogP contribution in [-0.2, 0) is 4.79 Å². The van der Waals surface area contributed by atoms with Crippen molar-refractivity contribution in [1.29, 1.82) is 0 Å². The molecule has 2 amide bonds. The van der Waals surface area contributed by atoms with Crippen LogP contribution in [0, 0.1) is 16.0 Å². The molecule has 140 valence electrons. The molecule has 1 N–H and O–H groups in total. The van der Waals surface area contributed by atoms with E-state index in [4.69, 9.17) is 0 Å². The smallest absolute Gasteiger partial charge is 0.269 e. The van der Waals surface area contributed by atoms with Gasteiger partial charge in [-0.1, -0.05) is 0 Å². The molecule has 2 heterocycles. The highest BCUT2D eigenvalue weighted by Gasteiger charge is 2.31. The lowest BCUT2D eigenvalue weighted by Crippen LogP contribution is -2.53. The Kier molecular flexibility index (Phi) is 5.51. The Morgan fingerprint density at radius 3 is 2.31 bits per heavy atom. The van der Waals surface area contributed by atoms with Crippen LogP contribution in [0.5, 0.6) is 0 Å². The Labute approximate surface area is 152 Å². The molecular weight excluding hydrogens is 336 g/mol. The molecular formula is C18H24N4O4. The number of benzene rings is 1. The van der Waals surface area contributed by atoms with Gasteiger partial charge >= 0.3 is 0 Å². The minimum atomic E-state index is -0.486. The Balaban J connectivity index is 1.55. The van der Waals surface area contributed by atoms with Crippen molar-refractivity contribution >= 4 is 17.5 Å². The number of carbonyl (C=O) groups is 2. The van der Waals surface area contributed by atoms with E-state index in [2.05, 4.69) is 12.2 Å². The van der Waals surface area contributed by atoms with Crippen LogP contribution in [0.2, 0.25) is 0 Å². The van der Waals surface area contributed by atoms with Gasteiger partial charge in [0, 0.05) is 55.8 Å². The van der Waals surface area contributed by atoms with Crippen molar-refractivity contribution in [3.05, 3.63) is 39.9 Å². The van der Waals surface area contributed by atoms with E-state index in [-0.39, 0.29) is 23.4 Å². The number of nitro groups is 1. The monoisotopic (exact) mass is 360 g/mol. The summed E-state index contributed by atoms with van der Waals surface area (Å²) in [7, 11) is 0. The van der Waals surface area contributed by atoms with Gasteiger partial charge < -0.3 is 15.1 Å². The first-order valence-corrected chi connectivity index (χ1v) is 9.01. The molecule has 2 aliphatic heterocycles. The maximum atomic E-state index is 12.7. The van der Waals surface area contributed by atoms with E-state index >= 15 is 0 Å². The maximum absolute atomic E-state index is 12.7. The zero-order valence-corrected chi connectivity index (χ0v) is 14.9. The standard InChI is InChI=1S/C18H24N4O4/c1-13-12-15(6-7-19-13)18(24)21-10-8-20(9-11-21)17(23)14-2-4-16(5-3-14)22(25)26/h2-5,13,15,19H,6-12H2,1H3/t13-,15-/m0/s1. The van der Waals surface area contributed by atoms with Crippen LogP contribution in [0.1, 0.15) is 30.1 Å². The summed E-state index contributed by atoms with van der Waals surface area (Å²) in [5.74, 6) is 0.117. The zero-order chi connectivity index (χ0) is 18.7. The van der Waals surface area contributed by atoms with Crippen molar-refractivity contribution in [2.24, 2.45) is 5.92 Å². The molecule has 0 aromatic heterocycles. The first kappa shape index (κ1) is 18.3. The second-order valence-corrected chi connectivity index (χ2v) is 7.00. The van der Waals surface area contributed by atoms with E-state index < -0.39 is 4.92 Å². The predicted octanol–water partition coefficient (Wildman–Crippen LogP) is 1.27. The summed E-state index contributed by atoms with van der Waals surface area (Å²) in [6.45, 7) is 5.02. The largest absolute Gasteiger partial charge is 0.339 e. The Morgan fingerprint density at radius 1 is 1.12 bits per heavy atom. The molecule has 2 fully saturated rings. The second-order valence-electron chi connectivity index (χ2n) is 7.00. The molecule has 2 aliphatic rings. The van der Waals surface area contributed by atoms with Crippen molar-refractivity contribution in [3.63, 3.8) is 0 Å². The summed E-state index contributed by atoms with van der Waals surface area (Å²) in [5, 5.41) is 14.1. The molecule has 0 saturated carbocycles. The highest BCUT2D eigenvalue weighted by molar-refractivity contribution is 5.94. The zero-order valence-electron chi connectivity index (χ0n) is 14.9. The van der Waals surface area contributed by atoms with Gasteiger partial charge in [-0.25, -0.2) is 0 Å². The van der Waals surface area contributed by atoms with Gasteiger partial charge in [0.1, 0.15) is 0 Å². The highest BCUT2D eigenvalue weighted by Crippen LogP contribution is 2.20. The summed E-state index contributed by atoms with van der Waals surface area (Å²) >= 11 is 0. The molecule has 0 aliphatic carbocycles. The van der Waals surface area contributed by atoms with Crippen LogP contribution in [0.15, 0.2) is 24.3 Å². The Hall–Kier alpha value is -2.48. The number of non-ortho nitro benzene ring substituents is 1. The highest BCUT2D eigenvalue weighted by atomic mass is 16.6. The average Bonchev–Trinajstić information content (AvgIpc) is 2.67. The fourth-order valence-electron chi connectivity index (χ4n) is 3.65. The third kappa shape index (κ3) is 4.01. The minimum absolute atomic E-state index is 0.0341. The van der Waals surface area contributed by atoms with Gasteiger partial charge in [-0.2, -0.15) is 0 Å². The van der Waals surface area contributed by atoms with Gasteiger partial charge in [0.05, 0.1) is 4.92 Å². The molecule has 3 rings (SSSR count). The third-order valence-electron chi connectivity index (χ3n) is 5.18. The molecule has 0 bridgehead atoms. The summed E-state index contributed by atoms with van der Waals surface area (Å²) in [6.07, 6.45) is 1.73. The van der Waals surface area contributed by atoms with Crippen LogP contribution in [0.3, 0.4) is 0 Å². The number of piperazine rings is 1. The quantitative estimate of drug-likeness (QED) is 0.647. The number of piperidine rings is 1. The molecule has 1 aromatic carbocycles. The number of hydrogen-bond acceptors (Lipinski definition) is 5. The van der Waals surface area contributed by atoms with Crippen LogP contribution in [0.4, 0.5) is 5.69 Å².